The first-order valence-electron chi connectivity index (χ1n) is 6.08. The number of pyridine rings is 1. The highest BCUT2D eigenvalue weighted by Gasteiger charge is 2.10. The summed E-state index contributed by atoms with van der Waals surface area (Å²) < 4.78 is 5.03. The summed E-state index contributed by atoms with van der Waals surface area (Å²) in [7, 11) is 0. The summed E-state index contributed by atoms with van der Waals surface area (Å²) in [5.74, 6) is -0.334. The van der Waals surface area contributed by atoms with E-state index in [1.165, 1.54) is 24.5 Å². The van der Waals surface area contributed by atoms with Gasteiger partial charge < -0.3 is 9.73 Å². The molecule has 1 aromatic carbocycles. The number of halogens is 1. The van der Waals surface area contributed by atoms with E-state index < -0.39 is 5.63 Å². The van der Waals surface area contributed by atoms with Gasteiger partial charge in [0.1, 0.15) is 5.58 Å². The van der Waals surface area contributed by atoms with E-state index in [9.17, 15) is 9.59 Å². The first kappa shape index (κ1) is 13.3. The van der Waals surface area contributed by atoms with Gasteiger partial charge >= 0.3 is 5.63 Å². The van der Waals surface area contributed by atoms with Gasteiger partial charge in [-0.2, -0.15) is 0 Å². The maximum absolute atomic E-state index is 12.1. The number of amides is 1. The van der Waals surface area contributed by atoms with Crippen molar-refractivity contribution in [3.63, 3.8) is 0 Å². The van der Waals surface area contributed by atoms with Gasteiger partial charge in [-0.3, -0.25) is 9.78 Å². The lowest BCUT2D eigenvalue weighted by Gasteiger charge is -2.07. The third-order valence-corrected chi connectivity index (χ3v) is 3.20. The van der Waals surface area contributed by atoms with Crippen molar-refractivity contribution in [2.45, 2.75) is 0 Å². The van der Waals surface area contributed by atoms with Crippen molar-refractivity contribution in [2.75, 3.05) is 5.32 Å². The average molecular weight is 301 g/mol. The monoisotopic (exact) mass is 300 g/mol. The predicted octanol–water partition coefficient (Wildman–Crippen LogP) is 3.09. The fraction of sp³-hybridized carbons (Fsp3) is 0. The van der Waals surface area contributed by atoms with Gasteiger partial charge in [0.15, 0.2) is 0 Å². The van der Waals surface area contributed by atoms with Gasteiger partial charge in [-0.15, -0.1) is 0 Å². The summed E-state index contributed by atoms with van der Waals surface area (Å²) in [6.07, 6.45) is 2.90. The smallest absolute Gasteiger partial charge is 0.336 e. The van der Waals surface area contributed by atoms with Crippen molar-refractivity contribution in [1.29, 1.82) is 0 Å². The molecule has 3 rings (SSSR count). The number of rotatable bonds is 2. The standard InChI is InChI=1S/C15H9ClN2O3/c16-12-8-17-6-5-11(12)15(20)18-10-2-3-13-9(7-10)1-4-14(19)21-13/h1-8H,(H,18,20). The van der Waals surface area contributed by atoms with Gasteiger partial charge in [-0.25, -0.2) is 4.79 Å². The summed E-state index contributed by atoms with van der Waals surface area (Å²) >= 11 is 5.92. The lowest BCUT2D eigenvalue weighted by atomic mass is 10.2. The maximum atomic E-state index is 12.1. The zero-order valence-corrected chi connectivity index (χ0v) is 11.4. The zero-order valence-electron chi connectivity index (χ0n) is 10.7. The van der Waals surface area contributed by atoms with Gasteiger partial charge in [-0.1, -0.05) is 11.6 Å². The number of anilines is 1. The number of fused-ring (bicyclic) bond motifs is 1. The first-order chi connectivity index (χ1) is 10.1. The average Bonchev–Trinajstić information content (AvgIpc) is 2.48. The molecule has 5 nitrogen and oxygen atoms in total. The van der Waals surface area contributed by atoms with Crippen LogP contribution in [-0.4, -0.2) is 10.9 Å². The van der Waals surface area contributed by atoms with E-state index in [0.29, 0.717) is 22.2 Å². The molecular formula is C15H9ClN2O3. The minimum absolute atomic E-state index is 0.279. The van der Waals surface area contributed by atoms with Crippen LogP contribution in [0.25, 0.3) is 11.0 Å². The molecule has 3 aromatic rings. The number of hydrogen-bond donors (Lipinski definition) is 1. The number of benzene rings is 1. The molecule has 1 N–H and O–H groups in total. The fourth-order valence-corrected chi connectivity index (χ4v) is 2.11. The second kappa shape index (κ2) is 5.38. The van der Waals surface area contributed by atoms with E-state index in [-0.39, 0.29) is 10.9 Å². The molecule has 2 aromatic heterocycles. The maximum Gasteiger partial charge on any atom is 0.336 e. The lowest BCUT2D eigenvalue weighted by Crippen LogP contribution is -2.12. The van der Waals surface area contributed by atoms with E-state index in [2.05, 4.69) is 10.3 Å². The highest BCUT2D eigenvalue weighted by atomic mass is 35.5. The third-order valence-electron chi connectivity index (χ3n) is 2.89. The van der Waals surface area contributed by atoms with Crippen molar-refractivity contribution in [3.8, 4) is 0 Å². The van der Waals surface area contributed by atoms with Crippen LogP contribution in [0.3, 0.4) is 0 Å². The summed E-state index contributed by atoms with van der Waals surface area (Å²) in [6, 6.07) is 9.49. The van der Waals surface area contributed by atoms with E-state index in [4.69, 9.17) is 16.0 Å². The zero-order chi connectivity index (χ0) is 14.8. The van der Waals surface area contributed by atoms with E-state index >= 15 is 0 Å². The Morgan fingerprint density at radius 3 is 2.86 bits per heavy atom. The SMILES string of the molecule is O=C(Nc1ccc2oc(=O)ccc2c1)c1ccncc1Cl. The van der Waals surface area contributed by atoms with Crippen LogP contribution < -0.4 is 10.9 Å². The molecule has 0 bridgehead atoms. The summed E-state index contributed by atoms with van der Waals surface area (Å²) in [4.78, 5) is 27.1. The quantitative estimate of drug-likeness (QED) is 0.738. The Balaban J connectivity index is 1.91. The normalized spacial score (nSPS) is 10.5. The van der Waals surface area contributed by atoms with Gasteiger partial charge in [-0.05, 0) is 30.3 Å². The number of carbonyl (C=O) groups is 1. The van der Waals surface area contributed by atoms with E-state index in [0.717, 1.165) is 0 Å². The summed E-state index contributed by atoms with van der Waals surface area (Å²) in [5, 5.41) is 3.73. The second-order valence-electron chi connectivity index (χ2n) is 4.32. The van der Waals surface area contributed by atoms with Crippen LogP contribution in [0.4, 0.5) is 5.69 Å². The first-order valence-corrected chi connectivity index (χ1v) is 6.46. The number of carbonyl (C=O) groups excluding carboxylic acids is 1. The summed E-state index contributed by atoms with van der Waals surface area (Å²) in [5.41, 5.74) is 0.964. The van der Waals surface area contributed by atoms with Gasteiger partial charge in [0, 0.05) is 29.5 Å². The molecule has 0 unspecified atom stereocenters. The predicted molar refractivity (Wildman–Crippen MR) is 79.7 cm³/mol. The Bertz CT molecular complexity index is 889. The molecule has 0 atom stereocenters. The van der Waals surface area contributed by atoms with Crippen molar-refractivity contribution >= 4 is 34.2 Å². The number of nitrogens with one attached hydrogen (secondary N) is 1. The molecule has 6 heteroatoms. The van der Waals surface area contributed by atoms with Crippen molar-refractivity contribution in [1.82, 2.24) is 4.98 Å². The molecule has 0 aliphatic carbocycles. The molecule has 0 aliphatic rings. The van der Waals surface area contributed by atoms with Gasteiger partial charge in [0.2, 0.25) is 0 Å². The molecule has 0 saturated heterocycles. The highest BCUT2D eigenvalue weighted by Crippen LogP contribution is 2.20. The Morgan fingerprint density at radius 1 is 1.19 bits per heavy atom. The molecule has 0 aliphatic heterocycles. The second-order valence-corrected chi connectivity index (χ2v) is 4.72. The van der Waals surface area contributed by atoms with Crippen LogP contribution in [0.5, 0.6) is 0 Å². The van der Waals surface area contributed by atoms with Crippen molar-refractivity contribution in [3.05, 3.63) is 69.8 Å². The molecule has 21 heavy (non-hydrogen) atoms. The molecule has 104 valence electrons. The van der Waals surface area contributed by atoms with E-state index in [1.807, 2.05) is 0 Å². The highest BCUT2D eigenvalue weighted by molar-refractivity contribution is 6.34. The van der Waals surface area contributed by atoms with Crippen LogP contribution in [0.15, 0.2) is 58.0 Å². The minimum Gasteiger partial charge on any atom is -0.423 e. The molecule has 0 radical (unpaired) electrons. The van der Waals surface area contributed by atoms with E-state index in [1.54, 1.807) is 24.3 Å². The van der Waals surface area contributed by atoms with Crippen molar-refractivity contribution in [2.24, 2.45) is 0 Å². The molecule has 1 amide bonds. The number of hydrogen-bond acceptors (Lipinski definition) is 4. The molecule has 0 saturated carbocycles. The largest absolute Gasteiger partial charge is 0.423 e. The fourth-order valence-electron chi connectivity index (χ4n) is 1.91. The minimum atomic E-state index is -0.414. The van der Waals surface area contributed by atoms with Crippen LogP contribution in [0.2, 0.25) is 5.02 Å². The van der Waals surface area contributed by atoms with Crippen molar-refractivity contribution < 1.29 is 9.21 Å². The molecular weight excluding hydrogens is 292 g/mol. The topological polar surface area (TPSA) is 72.2 Å². The third kappa shape index (κ3) is 2.78. The Kier molecular flexibility index (Phi) is 3.41. The number of aromatic nitrogens is 1. The Hall–Kier alpha value is -2.66. The summed E-state index contributed by atoms with van der Waals surface area (Å²) in [6.45, 7) is 0. The molecule has 0 fully saturated rings. The van der Waals surface area contributed by atoms with Crippen LogP contribution in [0, 0.1) is 0 Å². The molecule has 2 heterocycles. The molecule has 0 spiro atoms. The Labute approximate surface area is 124 Å². The Morgan fingerprint density at radius 2 is 2.05 bits per heavy atom. The van der Waals surface area contributed by atoms with Gasteiger partial charge in [0.25, 0.3) is 5.91 Å². The van der Waals surface area contributed by atoms with Crippen LogP contribution >= 0.6 is 11.6 Å². The van der Waals surface area contributed by atoms with Crippen LogP contribution in [0.1, 0.15) is 10.4 Å². The van der Waals surface area contributed by atoms with Gasteiger partial charge in [0.05, 0.1) is 10.6 Å². The lowest BCUT2D eigenvalue weighted by molar-refractivity contribution is 0.102. The van der Waals surface area contributed by atoms with Crippen LogP contribution in [-0.2, 0) is 0 Å². The number of nitrogens with zero attached hydrogens (tertiary/aromatic N) is 1.